The van der Waals surface area contributed by atoms with Gasteiger partial charge in [0.1, 0.15) is 0 Å². The van der Waals surface area contributed by atoms with Crippen molar-refractivity contribution in [3.63, 3.8) is 0 Å². The van der Waals surface area contributed by atoms with E-state index in [1.807, 2.05) is 25.2 Å². The standard InChI is InChI=1S/C13H18N2O3/c1-14(8-5-9-17-2)10-15-11-6-3-4-7-12(11)18-13(15)16/h3-4,6-7H,5,8-10H2,1-2H3. The Hall–Kier alpha value is -1.59. The summed E-state index contributed by atoms with van der Waals surface area (Å²) in [7, 11) is 3.66. The minimum absolute atomic E-state index is 0.310. The molecule has 0 unspecified atom stereocenters. The van der Waals surface area contributed by atoms with Gasteiger partial charge in [-0.2, -0.15) is 0 Å². The van der Waals surface area contributed by atoms with Crippen molar-refractivity contribution >= 4 is 11.1 Å². The average molecular weight is 250 g/mol. The van der Waals surface area contributed by atoms with Crippen molar-refractivity contribution in [3.8, 4) is 0 Å². The minimum atomic E-state index is -0.310. The molecule has 0 amide bonds. The summed E-state index contributed by atoms with van der Waals surface area (Å²) in [6.45, 7) is 2.13. The van der Waals surface area contributed by atoms with Crippen LogP contribution in [0.5, 0.6) is 0 Å². The number of nitrogens with zero attached hydrogens (tertiary/aromatic N) is 2. The predicted octanol–water partition coefficient (Wildman–Crippen LogP) is 1.52. The van der Waals surface area contributed by atoms with Crippen LogP contribution in [0.2, 0.25) is 0 Å². The second-order valence-electron chi connectivity index (χ2n) is 4.33. The molecule has 0 radical (unpaired) electrons. The first kappa shape index (κ1) is 12.9. The number of aromatic nitrogens is 1. The Kier molecular flexibility index (Phi) is 4.17. The van der Waals surface area contributed by atoms with Crippen molar-refractivity contribution < 1.29 is 9.15 Å². The quantitative estimate of drug-likeness (QED) is 0.729. The van der Waals surface area contributed by atoms with Crippen LogP contribution in [0.15, 0.2) is 33.5 Å². The Morgan fingerprint density at radius 1 is 1.39 bits per heavy atom. The summed E-state index contributed by atoms with van der Waals surface area (Å²) in [5, 5.41) is 0. The largest absolute Gasteiger partial charge is 0.421 e. The topological polar surface area (TPSA) is 47.6 Å². The Balaban J connectivity index is 2.11. The zero-order chi connectivity index (χ0) is 13.0. The Labute approximate surface area is 106 Å². The highest BCUT2D eigenvalue weighted by Gasteiger charge is 2.09. The van der Waals surface area contributed by atoms with E-state index in [0.717, 1.165) is 25.1 Å². The Morgan fingerprint density at radius 2 is 2.17 bits per heavy atom. The summed E-state index contributed by atoms with van der Waals surface area (Å²) in [5.41, 5.74) is 1.47. The SMILES string of the molecule is COCCCN(C)Cn1c(=O)oc2ccccc21. The van der Waals surface area contributed by atoms with Gasteiger partial charge in [0.25, 0.3) is 0 Å². The fourth-order valence-corrected chi connectivity index (χ4v) is 1.94. The van der Waals surface area contributed by atoms with Gasteiger partial charge in [-0.25, -0.2) is 4.79 Å². The number of hydrogen-bond donors (Lipinski definition) is 0. The minimum Gasteiger partial charge on any atom is -0.408 e. The van der Waals surface area contributed by atoms with Crippen LogP contribution >= 0.6 is 0 Å². The van der Waals surface area contributed by atoms with Crippen molar-refractivity contribution in [3.05, 3.63) is 34.8 Å². The Morgan fingerprint density at radius 3 is 2.94 bits per heavy atom. The van der Waals surface area contributed by atoms with Gasteiger partial charge in [0.2, 0.25) is 0 Å². The number of hydrogen-bond acceptors (Lipinski definition) is 4. The molecule has 18 heavy (non-hydrogen) atoms. The number of fused-ring (bicyclic) bond motifs is 1. The van der Waals surface area contributed by atoms with Gasteiger partial charge in [0.05, 0.1) is 12.2 Å². The molecule has 0 atom stereocenters. The van der Waals surface area contributed by atoms with E-state index in [1.54, 1.807) is 17.7 Å². The third-order valence-electron chi connectivity index (χ3n) is 2.84. The summed E-state index contributed by atoms with van der Waals surface area (Å²) in [6, 6.07) is 7.46. The maximum atomic E-state index is 11.7. The molecule has 0 fully saturated rings. The summed E-state index contributed by atoms with van der Waals surface area (Å²) in [4.78, 5) is 13.8. The van der Waals surface area contributed by atoms with Crippen molar-refractivity contribution in [2.45, 2.75) is 13.1 Å². The van der Waals surface area contributed by atoms with E-state index in [2.05, 4.69) is 4.90 Å². The molecule has 1 aromatic carbocycles. The van der Waals surface area contributed by atoms with E-state index < -0.39 is 0 Å². The average Bonchev–Trinajstić information content (AvgIpc) is 2.67. The molecule has 1 aromatic heterocycles. The van der Waals surface area contributed by atoms with Crippen molar-refractivity contribution in [1.29, 1.82) is 0 Å². The first-order chi connectivity index (χ1) is 8.72. The molecule has 0 aliphatic rings. The van der Waals surface area contributed by atoms with Crippen LogP contribution in [0, 0.1) is 0 Å². The highest BCUT2D eigenvalue weighted by molar-refractivity contribution is 5.72. The third-order valence-corrected chi connectivity index (χ3v) is 2.84. The maximum Gasteiger partial charge on any atom is 0.421 e. The molecule has 0 spiro atoms. The number of rotatable bonds is 6. The van der Waals surface area contributed by atoms with Gasteiger partial charge < -0.3 is 9.15 Å². The van der Waals surface area contributed by atoms with E-state index >= 15 is 0 Å². The van der Waals surface area contributed by atoms with E-state index in [1.165, 1.54) is 0 Å². The van der Waals surface area contributed by atoms with Crippen molar-refractivity contribution in [1.82, 2.24) is 9.47 Å². The smallest absolute Gasteiger partial charge is 0.408 e. The molecule has 0 saturated carbocycles. The van der Waals surface area contributed by atoms with Gasteiger partial charge in [0.15, 0.2) is 5.58 Å². The molecule has 1 heterocycles. The fourth-order valence-electron chi connectivity index (χ4n) is 1.94. The van der Waals surface area contributed by atoms with Gasteiger partial charge in [-0.3, -0.25) is 9.47 Å². The van der Waals surface area contributed by atoms with E-state index in [0.29, 0.717) is 12.3 Å². The van der Waals surface area contributed by atoms with Gasteiger partial charge in [-0.1, -0.05) is 12.1 Å². The number of methoxy groups -OCH3 is 1. The lowest BCUT2D eigenvalue weighted by atomic mass is 10.3. The van der Waals surface area contributed by atoms with E-state index in [-0.39, 0.29) is 5.76 Å². The monoisotopic (exact) mass is 250 g/mol. The fraction of sp³-hybridized carbons (Fsp3) is 0.462. The number of para-hydroxylation sites is 2. The molecule has 2 rings (SSSR count). The van der Waals surface area contributed by atoms with Crippen LogP contribution in [0.4, 0.5) is 0 Å². The molecule has 0 N–H and O–H groups in total. The lowest BCUT2D eigenvalue weighted by Crippen LogP contribution is -2.28. The second-order valence-corrected chi connectivity index (χ2v) is 4.33. The molecule has 98 valence electrons. The summed E-state index contributed by atoms with van der Waals surface area (Å²) >= 11 is 0. The lowest BCUT2D eigenvalue weighted by Gasteiger charge is -2.16. The molecular weight excluding hydrogens is 232 g/mol. The van der Waals surface area contributed by atoms with Crippen LogP contribution in [0.3, 0.4) is 0 Å². The molecule has 2 aromatic rings. The van der Waals surface area contributed by atoms with Crippen LogP contribution < -0.4 is 5.76 Å². The van der Waals surface area contributed by atoms with Gasteiger partial charge >= 0.3 is 5.76 Å². The molecule has 5 nitrogen and oxygen atoms in total. The highest BCUT2D eigenvalue weighted by Crippen LogP contribution is 2.11. The molecule has 5 heteroatoms. The van der Waals surface area contributed by atoms with Crippen molar-refractivity contribution in [2.24, 2.45) is 0 Å². The number of oxazole rings is 1. The highest BCUT2D eigenvalue weighted by atomic mass is 16.5. The Bertz CT molecular complexity index is 559. The number of benzene rings is 1. The molecular formula is C13H18N2O3. The normalized spacial score (nSPS) is 11.5. The van der Waals surface area contributed by atoms with E-state index in [9.17, 15) is 4.79 Å². The number of ether oxygens (including phenoxy) is 1. The van der Waals surface area contributed by atoms with Crippen molar-refractivity contribution in [2.75, 3.05) is 27.3 Å². The third kappa shape index (κ3) is 2.80. The summed E-state index contributed by atoms with van der Waals surface area (Å²) < 4.78 is 11.8. The molecule has 0 aliphatic carbocycles. The molecule has 0 bridgehead atoms. The first-order valence-corrected chi connectivity index (χ1v) is 5.98. The predicted molar refractivity (Wildman–Crippen MR) is 69.6 cm³/mol. The first-order valence-electron chi connectivity index (χ1n) is 5.98. The second kappa shape index (κ2) is 5.84. The van der Waals surface area contributed by atoms with Crippen LogP contribution in [-0.2, 0) is 11.4 Å². The maximum absolute atomic E-state index is 11.7. The molecule has 0 saturated heterocycles. The summed E-state index contributed by atoms with van der Waals surface area (Å²) in [5.74, 6) is -0.310. The van der Waals surface area contributed by atoms with Gasteiger partial charge in [-0.05, 0) is 25.6 Å². The van der Waals surface area contributed by atoms with Gasteiger partial charge in [0, 0.05) is 20.3 Å². The van der Waals surface area contributed by atoms with E-state index in [4.69, 9.17) is 9.15 Å². The van der Waals surface area contributed by atoms with Gasteiger partial charge in [-0.15, -0.1) is 0 Å². The molecule has 0 aliphatic heterocycles. The van der Waals surface area contributed by atoms with Crippen LogP contribution in [0.1, 0.15) is 6.42 Å². The van der Waals surface area contributed by atoms with Crippen LogP contribution in [0.25, 0.3) is 11.1 Å². The zero-order valence-corrected chi connectivity index (χ0v) is 10.8. The zero-order valence-electron chi connectivity index (χ0n) is 10.8. The lowest BCUT2D eigenvalue weighted by molar-refractivity contribution is 0.170. The summed E-state index contributed by atoms with van der Waals surface area (Å²) in [6.07, 6.45) is 0.942. The van der Waals surface area contributed by atoms with Crippen LogP contribution in [-0.4, -0.2) is 36.8 Å².